The van der Waals surface area contributed by atoms with E-state index in [2.05, 4.69) is 0 Å². The molecule has 0 aliphatic rings. The van der Waals surface area contributed by atoms with Gasteiger partial charge in [-0.25, -0.2) is 3.63 Å². The highest BCUT2D eigenvalue weighted by Gasteiger charge is 2.38. The van der Waals surface area contributed by atoms with Gasteiger partial charge in [-0.2, -0.15) is 8.42 Å². The van der Waals surface area contributed by atoms with Gasteiger partial charge in [0.25, 0.3) is 0 Å². The van der Waals surface area contributed by atoms with Crippen LogP contribution in [-0.2, 0) is 13.7 Å². The minimum absolute atomic E-state index is 0.128. The molecule has 0 bridgehead atoms. The van der Waals surface area contributed by atoms with E-state index >= 15 is 0 Å². The predicted octanol–water partition coefficient (Wildman–Crippen LogP) is 7.00. The molecule has 4 aromatic carbocycles. The lowest BCUT2D eigenvalue weighted by atomic mass is 10.2. The Morgan fingerprint density at radius 3 is 1.55 bits per heavy atom. The van der Waals surface area contributed by atoms with Gasteiger partial charge in [0.2, 0.25) is 0 Å². The van der Waals surface area contributed by atoms with Crippen LogP contribution in [0.1, 0.15) is 12.5 Å². The topological polar surface area (TPSA) is 52.6 Å². The summed E-state index contributed by atoms with van der Waals surface area (Å²) < 4.78 is 39.2. The molecule has 170 valence electrons. The van der Waals surface area contributed by atoms with Gasteiger partial charge in [0, 0.05) is 14.7 Å². The van der Waals surface area contributed by atoms with Crippen LogP contribution >= 0.6 is 10.3 Å². The smallest absolute Gasteiger partial charge is 0.307 e. The minimum atomic E-state index is -4.09. The predicted molar refractivity (Wildman–Crippen MR) is 132 cm³/mol. The summed E-state index contributed by atoms with van der Waals surface area (Å²) in [6.45, 7) is 4.39. The number of ether oxygens (including phenoxy) is 1. The second-order valence-electron chi connectivity index (χ2n) is 7.42. The van der Waals surface area contributed by atoms with Crippen LogP contribution in [0, 0.1) is 6.92 Å². The maximum atomic E-state index is 13.6. The van der Waals surface area contributed by atoms with E-state index in [-0.39, 0.29) is 4.90 Å². The molecule has 0 aliphatic carbocycles. The van der Waals surface area contributed by atoms with Crippen molar-refractivity contribution in [2.45, 2.75) is 33.4 Å². The third-order valence-electron chi connectivity index (χ3n) is 5.12. The van der Waals surface area contributed by atoms with Crippen LogP contribution in [0.2, 0.25) is 0 Å². The highest BCUT2D eigenvalue weighted by molar-refractivity contribution is 8.33. The lowest BCUT2D eigenvalue weighted by Crippen LogP contribution is -2.14. The van der Waals surface area contributed by atoms with Crippen molar-refractivity contribution in [3.05, 3.63) is 115 Å². The standard InChI is InChI=1S/C27H26O4S2/c1-3-30-23-16-20-26(21-17-23)32(24-10-6-4-7-11-24,25-12-8-5-9-13-25)31-33(28,29)27-18-14-22(2)15-19-27/h4-21H,3H2,1-2H3. The quantitative estimate of drug-likeness (QED) is 0.274. The molecule has 6 heteroatoms. The summed E-state index contributed by atoms with van der Waals surface area (Å²) in [6, 6.07) is 33.3. The lowest BCUT2D eigenvalue weighted by Gasteiger charge is -2.39. The van der Waals surface area contributed by atoms with Gasteiger partial charge >= 0.3 is 10.1 Å². The summed E-state index contributed by atoms with van der Waals surface area (Å²) in [5.74, 6) is 0.720. The van der Waals surface area contributed by atoms with Crippen molar-refractivity contribution in [1.29, 1.82) is 0 Å². The third-order valence-corrected chi connectivity index (χ3v) is 10.3. The van der Waals surface area contributed by atoms with Crippen LogP contribution in [0.5, 0.6) is 5.75 Å². The number of benzene rings is 4. The molecule has 0 unspecified atom stereocenters. The van der Waals surface area contributed by atoms with E-state index in [0.29, 0.717) is 6.61 Å². The van der Waals surface area contributed by atoms with Crippen molar-refractivity contribution in [3.63, 3.8) is 0 Å². The molecule has 4 rings (SSSR count). The molecule has 33 heavy (non-hydrogen) atoms. The van der Waals surface area contributed by atoms with Crippen LogP contribution in [0.25, 0.3) is 0 Å². The summed E-state index contributed by atoms with van der Waals surface area (Å²) in [5.41, 5.74) is 0.977. The van der Waals surface area contributed by atoms with E-state index in [9.17, 15) is 8.42 Å². The number of rotatable bonds is 8. The Balaban J connectivity index is 1.96. The average molecular weight is 479 g/mol. The summed E-state index contributed by atoms with van der Waals surface area (Å²) in [7, 11) is -6.72. The van der Waals surface area contributed by atoms with Gasteiger partial charge in [0.05, 0.1) is 11.5 Å². The third kappa shape index (κ3) is 4.83. The van der Waals surface area contributed by atoms with Crippen LogP contribution < -0.4 is 4.74 Å². The zero-order chi connectivity index (χ0) is 23.3. The molecule has 0 aromatic heterocycles. The molecular weight excluding hydrogens is 452 g/mol. The fourth-order valence-corrected chi connectivity index (χ4v) is 8.74. The normalized spacial score (nSPS) is 12.3. The molecule has 0 spiro atoms. The first-order valence-corrected chi connectivity index (χ1v) is 13.6. The SMILES string of the molecule is CCOc1ccc(S(OS(=O)(=O)c2ccc(C)cc2)(c2ccccc2)c2ccccc2)cc1. The number of hydrogen-bond donors (Lipinski definition) is 0. The van der Waals surface area contributed by atoms with Gasteiger partial charge < -0.3 is 4.74 Å². The molecule has 0 aliphatic heterocycles. The summed E-state index contributed by atoms with van der Waals surface area (Å²) in [5, 5.41) is 0. The van der Waals surface area contributed by atoms with E-state index in [0.717, 1.165) is 26.0 Å². The molecule has 0 amide bonds. The molecular formula is C27H26O4S2. The Morgan fingerprint density at radius 2 is 1.06 bits per heavy atom. The summed E-state index contributed by atoms with van der Waals surface area (Å²) in [6.07, 6.45) is 0. The van der Waals surface area contributed by atoms with Crippen molar-refractivity contribution < 1.29 is 16.8 Å². The van der Waals surface area contributed by atoms with E-state index in [1.165, 1.54) is 0 Å². The Labute approximate surface area is 197 Å². The van der Waals surface area contributed by atoms with Gasteiger partial charge in [-0.1, -0.05) is 54.1 Å². The molecule has 4 aromatic rings. The number of hydrogen-bond acceptors (Lipinski definition) is 4. The van der Waals surface area contributed by atoms with E-state index in [1.807, 2.05) is 98.8 Å². The molecule has 0 atom stereocenters. The maximum absolute atomic E-state index is 13.6. The molecule has 0 saturated heterocycles. The fourth-order valence-electron chi connectivity index (χ4n) is 3.52. The van der Waals surface area contributed by atoms with Gasteiger partial charge in [-0.15, -0.1) is 0 Å². The molecule has 4 nitrogen and oxygen atoms in total. The monoisotopic (exact) mass is 478 g/mol. The molecule has 0 N–H and O–H groups in total. The van der Waals surface area contributed by atoms with Crippen LogP contribution in [0.3, 0.4) is 0 Å². The maximum Gasteiger partial charge on any atom is 0.307 e. The van der Waals surface area contributed by atoms with Gasteiger partial charge in [0.15, 0.2) is 0 Å². The lowest BCUT2D eigenvalue weighted by molar-refractivity contribution is 0.340. The minimum Gasteiger partial charge on any atom is -0.494 e. The van der Waals surface area contributed by atoms with Crippen molar-refractivity contribution in [1.82, 2.24) is 0 Å². The average Bonchev–Trinajstić information content (AvgIpc) is 2.85. The Hall–Kier alpha value is -3.06. The Morgan fingerprint density at radius 1 is 0.606 bits per heavy atom. The van der Waals surface area contributed by atoms with Gasteiger partial charge in [-0.05, 0) is 84.8 Å². The first-order chi connectivity index (χ1) is 16.0. The fraction of sp³-hybridized carbons (Fsp3) is 0.111. The van der Waals surface area contributed by atoms with Crippen molar-refractivity contribution in [2.75, 3.05) is 6.61 Å². The second kappa shape index (κ2) is 9.83. The van der Waals surface area contributed by atoms with Crippen LogP contribution in [0.15, 0.2) is 129 Å². The van der Waals surface area contributed by atoms with E-state index in [1.54, 1.807) is 24.3 Å². The largest absolute Gasteiger partial charge is 0.494 e. The molecule has 0 saturated carbocycles. The molecule has 0 radical (unpaired) electrons. The zero-order valence-corrected chi connectivity index (χ0v) is 20.2. The molecule has 0 fully saturated rings. The van der Waals surface area contributed by atoms with Gasteiger partial charge in [-0.3, -0.25) is 0 Å². The first kappa shape index (κ1) is 23.1. The van der Waals surface area contributed by atoms with Crippen LogP contribution in [-0.4, -0.2) is 15.0 Å². The van der Waals surface area contributed by atoms with Crippen molar-refractivity contribution >= 4 is 20.4 Å². The highest BCUT2D eigenvalue weighted by Crippen LogP contribution is 2.70. The van der Waals surface area contributed by atoms with Gasteiger partial charge in [0.1, 0.15) is 5.75 Å². The van der Waals surface area contributed by atoms with Crippen molar-refractivity contribution in [2.24, 2.45) is 0 Å². The zero-order valence-electron chi connectivity index (χ0n) is 18.5. The van der Waals surface area contributed by atoms with Crippen LogP contribution in [0.4, 0.5) is 0 Å². The first-order valence-electron chi connectivity index (χ1n) is 10.6. The number of aryl methyl sites for hydroxylation is 1. The van der Waals surface area contributed by atoms with E-state index in [4.69, 9.17) is 8.37 Å². The second-order valence-corrected chi connectivity index (χ2v) is 11.9. The molecule has 0 heterocycles. The van der Waals surface area contributed by atoms with Crippen molar-refractivity contribution in [3.8, 4) is 5.75 Å². The summed E-state index contributed by atoms with van der Waals surface area (Å²) >= 11 is 0. The highest BCUT2D eigenvalue weighted by atomic mass is 32.3. The van der Waals surface area contributed by atoms with E-state index < -0.39 is 20.4 Å². The Kier molecular flexibility index (Phi) is 6.88. The Bertz CT molecular complexity index is 1250. The summed E-state index contributed by atoms with van der Waals surface area (Å²) in [4.78, 5) is 2.47.